The van der Waals surface area contributed by atoms with E-state index >= 15 is 0 Å². The monoisotopic (exact) mass is 471 g/mol. The second kappa shape index (κ2) is 10.1. The summed E-state index contributed by atoms with van der Waals surface area (Å²) in [5.74, 6) is -0.934. The van der Waals surface area contributed by atoms with Gasteiger partial charge in [-0.3, -0.25) is 10.2 Å². The molecule has 1 aromatic rings. The molecule has 1 saturated carbocycles. The summed E-state index contributed by atoms with van der Waals surface area (Å²) in [6, 6.07) is 2.82. The zero-order valence-electron chi connectivity index (χ0n) is 19.9. The third kappa shape index (κ3) is 5.23. The maximum absolute atomic E-state index is 14.9. The van der Waals surface area contributed by atoms with Crippen LogP contribution in [0.15, 0.2) is 59.3 Å². The minimum absolute atomic E-state index is 0.0932. The predicted octanol–water partition coefficient (Wildman–Crippen LogP) is 4.63. The number of rotatable bonds is 7. The van der Waals surface area contributed by atoms with E-state index in [1.807, 2.05) is 25.8 Å². The molecule has 4 rings (SSSR count). The van der Waals surface area contributed by atoms with Crippen LogP contribution < -0.4 is 5.43 Å². The molecule has 2 heterocycles. The van der Waals surface area contributed by atoms with E-state index in [0.717, 1.165) is 24.0 Å². The first-order chi connectivity index (χ1) is 16.3. The Morgan fingerprint density at radius 1 is 1.24 bits per heavy atom. The summed E-state index contributed by atoms with van der Waals surface area (Å²) in [4.78, 5) is 14.8. The van der Waals surface area contributed by atoms with Crippen molar-refractivity contribution in [3.8, 4) is 0 Å². The molecule has 0 unspecified atom stereocenters. The molecule has 2 aliphatic heterocycles. The summed E-state index contributed by atoms with van der Waals surface area (Å²) in [6.45, 7) is 11.7. The van der Waals surface area contributed by atoms with E-state index in [2.05, 4.69) is 12.0 Å². The molecule has 1 aliphatic carbocycles. The Bertz CT molecular complexity index is 1080. The first-order valence-electron chi connectivity index (χ1n) is 11.6. The van der Waals surface area contributed by atoms with Gasteiger partial charge in [0.25, 0.3) is 5.91 Å². The van der Waals surface area contributed by atoms with Crippen molar-refractivity contribution in [3.63, 3.8) is 0 Å². The average Bonchev–Trinajstić information content (AvgIpc) is 3.62. The van der Waals surface area contributed by atoms with Crippen LogP contribution in [0.4, 0.5) is 8.78 Å². The van der Waals surface area contributed by atoms with Crippen LogP contribution in [0.2, 0.25) is 0 Å². The van der Waals surface area contributed by atoms with Crippen molar-refractivity contribution in [3.05, 3.63) is 82.0 Å². The largest absolute Gasteiger partial charge is 0.486 e. The highest BCUT2D eigenvalue weighted by Gasteiger charge is 2.30. The van der Waals surface area contributed by atoms with Gasteiger partial charge in [0.1, 0.15) is 29.7 Å². The molecule has 0 spiro atoms. The van der Waals surface area contributed by atoms with Crippen molar-refractivity contribution in [1.29, 1.82) is 0 Å². The van der Waals surface area contributed by atoms with E-state index in [0.29, 0.717) is 49.0 Å². The molecule has 1 N–H and O–H groups in total. The quantitative estimate of drug-likeness (QED) is 0.588. The lowest BCUT2D eigenvalue weighted by atomic mass is 10.1. The SMILES string of the molecule is C=C1C(OCc2c(F)ccc(C3CC3)c2F)=CC(C)=CN1C(C(=O)NN1CCOCC1)=C(C)C. The Morgan fingerprint density at radius 2 is 1.94 bits per heavy atom. The van der Waals surface area contributed by atoms with Crippen LogP contribution in [0.3, 0.4) is 0 Å². The van der Waals surface area contributed by atoms with Gasteiger partial charge in [0.15, 0.2) is 0 Å². The molecule has 0 radical (unpaired) electrons. The fourth-order valence-corrected chi connectivity index (χ4v) is 4.11. The summed E-state index contributed by atoms with van der Waals surface area (Å²) >= 11 is 0. The molecule has 34 heavy (non-hydrogen) atoms. The number of hydrazine groups is 1. The number of carbonyl (C=O) groups is 1. The van der Waals surface area contributed by atoms with E-state index in [9.17, 15) is 13.6 Å². The second-order valence-electron chi connectivity index (χ2n) is 9.08. The van der Waals surface area contributed by atoms with Crippen molar-refractivity contribution >= 4 is 5.91 Å². The number of hydrogen-bond acceptors (Lipinski definition) is 5. The number of ether oxygens (including phenoxy) is 2. The first-order valence-corrected chi connectivity index (χ1v) is 11.6. The molecule has 1 saturated heterocycles. The summed E-state index contributed by atoms with van der Waals surface area (Å²) in [7, 11) is 0. The van der Waals surface area contributed by atoms with Gasteiger partial charge in [0, 0.05) is 19.3 Å². The van der Waals surface area contributed by atoms with Crippen molar-refractivity contribution in [2.24, 2.45) is 0 Å². The number of morpholine rings is 1. The lowest BCUT2D eigenvalue weighted by Crippen LogP contribution is -2.50. The Kier molecular flexibility index (Phi) is 7.19. The van der Waals surface area contributed by atoms with Gasteiger partial charge in [-0.2, -0.15) is 0 Å². The molecule has 0 atom stereocenters. The molecule has 0 bridgehead atoms. The molecule has 1 aromatic carbocycles. The number of halogens is 2. The molecule has 2 fully saturated rings. The van der Waals surface area contributed by atoms with Crippen LogP contribution in [-0.4, -0.2) is 42.1 Å². The van der Waals surface area contributed by atoms with Crippen molar-refractivity contribution in [1.82, 2.24) is 15.3 Å². The minimum atomic E-state index is -0.636. The molecule has 3 aliphatic rings. The molecule has 8 heteroatoms. The van der Waals surface area contributed by atoms with Crippen molar-refractivity contribution in [2.45, 2.75) is 46.1 Å². The Labute approximate surface area is 199 Å². The summed E-state index contributed by atoms with van der Waals surface area (Å²) in [5, 5.41) is 1.82. The van der Waals surface area contributed by atoms with Gasteiger partial charge in [-0.15, -0.1) is 0 Å². The molecular formula is C26H31F2N3O3. The van der Waals surface area contributed by atoms with Crippen LogP contribution in [0.1, 0.15) is 50.7 Å². The number of nitrogens with one attached hydrogen (secondary N) is 1. The number of amides is 1. The Balaban J connectivity index is 1.51. The van der Waals surface area contributed by atoms with Crippen LogP contribution in [0.5, 0.6) is 0 Å². The number of benzene rings is 1. The highest BCUT2D eigenvalue weighted by atomic mass is 19.1. The fourth-order valence-electron chi connectivity index (χ4n) is 4.11. The first kappa shape index (κ1) is 24.2. The molecule has 1 amide bonds. The maximum atomic E-state index is 14.9. The van der Waals surface area contributed by atoms with E-state index in [4.69, 9.17) is 9.47 Å². The fraction of sp³-hybridized carbons (Fsp3) is 0.423. The third-order valence-electron chi connectivity index (χ3n) is 6.07. The Morgan fingerprint density at radius 3 is 2.59 bits per heavy atom. The van der Waals surface area contributed by atoms with Crippen LogP contribution in [0, 0.1) is 11.6 Å². The van der Waals surface area contributed by atoms with Gasteiger partial charge >= 0.3 is 0 Å². The smallest absolute Gasteiger partial charge is 0.282 e. The third-order valence-corrected chi connectivity index (χ3v) is 6.07. The number of nitrogens with zero attached hydrogens (tertiary/aromatic N) is 2. The molecule has 0 aromatic heterocycles. The van der Waals surface area contributed by atoms with E-state index in [1.54, 1.807) is 17.2 Å². The van der Waals surface area contributed by atoms with Gasteiger partial charge in [-0.1, -0.05) is 12.6 Å². The average molecular weight is 472 g/mol. The van der Waals surface area contributed by atoms with Crippen LogP contribution in [-0.2, 0) is 20.9 Å². The van der Waals surface area contributed by atoms with Gasteiger partial charge in [-0.05, 0) is 68.4 Å². The van der Waals surface area contributed by atoms with Gasteiger partial charge < -0.3 is 14.4 Å². The molecule has 182 valence electrons. The Hall–Kier alpha value is -2.97. The van der Waals surface area contributed by atoms with Gasteiger partial charge in [-0.25, -0.2) is 13.8 Å². The number of carbonyl (C=O) groups excluding carboxylic acids is 1. The van der Waals surface area contributed by atoms with Crippen molar-refractivity contribution < 1.29 is 23.0 Å². The number of hydrogen-bond donors (Lipinski definition) is 1. The zero-order chi connectivity index (χ0) is 24.4. The lowest BCUT2D eigenvalue weighted by molar-refractivity contribution is -0.125. The maximum Gasteiger partial charge on any atom is 0.282 e. The summed E-state index contributed by atoms with van der Waals surface area (Å²) < 4.78 is 40.6. The zero-order valence-corrected chi connectivity index (χ0v) is 19.9. The van der Waals surface area contributed by atoms with Gasteiger partial charge in [0.05, 0.1) is 24.5 Å². The topological polar surface area (TPSA) is 54.0 Å². The van der Waals surface area contributed by atoms with Crippen LogP contribution in [0.25, 0.3) is 0 Å². The number of allylic oxidation sites excluding steroid dienone is 3. The summed E-state index contributed by atoms with van der Waals surface area (Å²) in [5.41, 5.74) is 5.80. The standard InChI is InChI=1S/C26H31F2N3O3/c1-16(2)25(26(32)29-30-9-11-33-12-10-30)31-14-17(3)13-23(18(31)4)34-15-21-22(27)8-7-20(24(21)28)19-5-6-19/h7-8,13-14,19H,4-6,9-12,15H2,1-3H3,(H,29,32). The van der Waals surface area contributed by atoms with Gasteiger partial charge in [0.2, 0.25) is 0 Å². The lowest BCUT2D eigenvalue weighted by Gasteiger charge is -2.33. The highest BCUT2D eigenvalue weighted by Crippen LogP contribution is 2.42. The molecular weight excluding hydrogens is 440 g/mol. The molecule has 6 nitrogen and oxygen atoms in total. The van der Waals surface area contributed by atoms with E-state index in [1.165, 1.54) is 12.1 Å². The van der Waals surface area contributed by atoms with Crippen molar-refractivity contribution in [2.75, 3.05) is 26.3 Å². The minimum Gasteiger partial charge on any atom is -0.486 e. The van der Waals surface area contributed by atoms with E-state index in [-0.39, 0.29) is 24.0 Å². The highest BCUT2D eigenvalue weighted by molar-refractivity contribution is 5.94. The summed E-state index contributed by atoms with van der Waals surface area (Å²) in [6.07, 6.45) is 5.39. The predicted molar refractivity (Wildman–Crippen MR) is 125 cm³/mol. The van der Waals surface area contributed by atoms with Crippen LogP contribution >= 0.6 is 0 Å². The van der Waals surface area contributed by atoms with E-state index < -0.39 is 11.6 Å². The second-order valence-corrected chi connectivity index (χ2v) is 9.08. The normalized spacial score (nSPS) is 18.9.